The second-order valence-electron chi connectivity index (χ2n) is 11.0. The zero-order valence-corrected chi connectivity index (χ0v) is 21.9. The van der Waals surface area contributed by atoms with Crippen LogP contribution in [0.5, 0.6) is 0 Å². The molecule has 0 spiro atoms. The van der Waals surface area contributed by atoms with Crippen molar-refractivity contribution in [2.45, 2.75) is 73.1 Å². The molecule has 3 amide bonds. The fourth-order valence-electron chi connectivity index (χ4n) is 6.06. The second kappa shape index (κ2) is 11.7. The molecule has 3 aliphatic carbocycles. The molecule has 6 heteroatoms. The molecule has 2 fully saturated rings. The fraction of sp³-hybridized carbons (Fsp3) is 0.852. The largest absolute Gasteiger partial charge is 0.340 e. The monoisotopic (exact) mass is 460 g/mol. The van der Waals surface area contributed by atoms with Crippen molar-refractivity contribution in [3.8, 4) is 0 Å². The first kappa shape index (κ1) is 26.1. The third kappa shape index (κ3) is 6.12. The summed E-state index contributed by atoms with van der Waals surface area (Å²) >= 11 is 0. The van der Waals surface area contributed by atoms with Crippen molar-refractivity contribution in [3.05, 3.63) is 11.6 Å². The molecule has 0 radical (unpaired) electrons. The van der Waals surface area contributed by atoms with Gasteiger partial charge in [-0.1, -0.05) is 52.2 Å². The predicted octanol–water partition coefficient (Wildman–Crippen LogP) is 4.37. The Labute approximate surface area is 202 Å². The van der Waals surface area contributed by atoms with Crippen molar-refractivity contribution in [1.82, 2.24) is 20.0 Å². The van der Waals surface area contributed by atoms with Gasteiger partial charge in [0.2, 0.25) is 5.91 Å². The van der Waals surface area contributed by atoms with Crippen LogP contribution in [-0.4, -0.2) is 79.0 Å². The van der Waals surface area contributed by atoms with Crippen molar-refractivity contribution in [2.24, 2.45) is 23.2 Å². The summed E-state index contributed by atoms with van der Waals surface area (Å²) in [5.74, 6) is 1.98. The van der Waals surface area contributed by atoms with Crippen LogP contribution in [0.4, 0.5) is 4.79 Å². The number of piperazine rings is 1. The Morgan fingerprint density at radius 1 is 1.18 bits per heavy atom. The van der Waals surface area contributed by atoms with Crippen molar-refractivity contribution in [2.75, 3.05) is 52.4 Å². The molecule has 6 nitrogen and oxygen atoms in total. The molecule has 3 unspecified atom stereocenters. The number of rotatable bonds is 11. The summed E-state index contributed by atoms with van der Waals surface area (Å²) in [6.45, 7) is 17.5. The van der Waals surface area contributed by atoms with E-state index in [2.05, 4.69) is 48.9 Å². The van der Waals surface area contributed by atoms with Gasteiger partial charge in [-0.3, -0.25) is 9.69 Å². The van der Waals surface area contributed by atoms with Crippen molar-refractivity contribution < 1.29 is 9.59 Å². The number of amides is 3. The summed E-state index contributed by atoms with van der Waals surface area (Å²) in [7, 11) is 0. The summed E-state index contributed by atoms with van der Waals surface area (Å²) in [5.41, 5.74) is 1.84. The Kier molecular flexibility index (Phi) is 9.25. The number of fused-ring (bicyclic) bond motifs is 1. The maximum atomic E-state index is 12.9. The number of hydrogen-bond donors (Lipinski definition) is 1. The van der Waals surface area contributed by atoms with E-state index in [1.807, 2.05) is 11.8 Å². The first-order valence-electron chi connectivity index (χ1n) is 13.5. The quantitative estimate of drug-likeness (QED) is 0.466. The summed E-state index contributed by atoms with van der Waals surface area (Å²) in [6.07, 6.45) is 9.09. The van der Waals surface area contributed by atoms with Crippen LogP contribution >= 0.6 is 0 Å². The van der Waals surface area contributed by atoms with Gasteiger partial charge in [-0.25, -0.2) is 4.79 Å². The van der Waals surface area contributed by atoms with E-state index < -0.39 is 0 Å². The van der Waals surface area contributed by atoms with Crippen LogP contribution < -0.4 is 5.32 Å². The van der Waals surface area contributed by atoms with Gasteiger partial charge < -0.3 is 15.1 Å². The van der Waals surface area contributed by atoms with Gasteiger partial charge >= 0.3 is 6.03 Å². The molecule has 33 heavy (non-hydrogen) atoms. The number of unbranched alkanes of at least 4 members (excludes halogenated alkanes) is 1. The minimum atomic E-state index is 0.0492. The lowest BCUT2D eigenvalue weighted by Gasteiger charge is -2.57. The minimum Gasteiger partial charge on any atom is -0.340 e. The lowest BCUT2D eigenvalue weighted by molar-refractivity contribution is -0.137. The van der Waals surface area contributed by atoms with Gasteiger partial charge in [0.15, 0.2) is 0 Å². The molecule has 4 aliphatic rings. The molecule has 0 aromatic carbocycles. The highest BCUT2D eigenvalue weighted by molar-refractivity contribution is 5.79. The Bertz CT molecular complexity index is 696. The van der Waals surface area contributed by atoms with E-state index in [4.69, 9.17) is 0 Å². The number of carbonyl (C=O) groups is 2. The molecule has 0 aromatic heterocycles. The van der Waals surface area contributed by atoms with E-state index in [9.17, 15) is 9.59 Å². The fourth-order valence-corrected chi connectivity index (χ4v) is 6.06. The normalized spacial score (nSPS) is 25.1. The third-order valence-corrected chi connectivity index (χ3v) is 8.69. The van der Waals surface area contributed by atoms with Gasteiger partial charge in [0.1, 0.15) is 0 Å². The van der Waals surface area contributed by atoms with Crippen LogP contribution in [-0.2, 0) is 4.79 Å². The van der Waals surface area contributed by atoms with Gasteiger partial charge in [-0.05, 0) is 49.9 Å². The molecular formula is C27H48N4O2. The highest BCUT2D eigenvalue weighted by Crippen LogP contribution is 2.59. The Morgan fingerprint density at radius 2 is 1.91 bits per heavy atom. The molecule has 1 saturated heterocycles. The number of allylic oxidation sites excluding steroid dienone is 1. The van der Waals surface area contributed by atoms with Gasteiger partial charge in [-0.2, -0.15) is 0 Å². The van der Waals surface area contributed by atoms with Crippen molar-refractivity contribution in [3.63, 3.8) is 0 Å². The molecule has 2 bridgehead atoms. The number of hydrogen-bond acceptors (Lipinski definition) is 3. The van der Waals surface area contributed by atoms with E-state index in [0.29, 0.717) is 23.8 Å². The summed E-state index contributed by atoms with van der Waals surface area (Å²) < 4.78 is 0. The van der Waals surface area contributed by atoms with Crippen LogP contribution in [0.2, 0.25) is 0 Å². The van der Waals surface area contributed by atoms with Gasteiger partial charge in [-0.15, -0.1) is 0 Å². The van der Waals surface area contributed by atoms with Crippen LogP contribution in [0.25, 0.3) is 0 Å². The maximum Gasteiger partial charge on any atom is 0.317 e. The molecule has 1 heterocycles. The average Bonchev–Trinajstić information content (AvgIpc) is 2.82. The Hall–Kier alpha value is -1.56. The Balaban J connectivity index is 1.50. The van der Waals surface area contributed by atoms with Crippen LogP contribution in [0.1, 0.15) is 73.1 Å². The van der Waals surface area contributed by atoms with E-state index >= 15 is 0 Å². The van der Waals surface area contributed by atoms with E-state index in [1.165, 1.54) is 12.0 Å². The van der Waals surface area contributed by atoms with Gasteiger partial charge in [0.25, 0.3) is 0 Å². The minimum absolute atomic E-state index is 0.0492. The lowest BCUT2D eigenvalue weighted by Crippen LogP contribution is -2.53. The van der Waals surface area contributed by atoms with E-state index in [1.54, 1.807) is 0 Å². The standard InChI is InChI=1S/C27H48N4O2/c1-6-9-10-21(7-2)25(32)30-16-13-29(14-17-30)15-18-31(26(33)28-8-3)20-22-11-12-23-19-24(22)27(23,4)5/h11,21,23-24H,6-10,12-20H2,1-5H3,(H,28,33). The van der Waals surface area contributed by atoms with Crippen LogP contribution in [0.3, 0.4) is 0 Å². The number of nitrogens with zero attached hydrogens (tertiary/aromatic N) is 3. The number of urea groups is 1. The van der Waals surface area contributed by atoms with E-state index in [0.717, 1.165) is 83.8 Å². The highest BCUT2D eigenvalue weighted by Gasteiger charge is 2.51. The maximum absolute atomic E-state index is 12.9. The summed E-state index contributed by atoms with van der Waals surface area (Å²) in [6, 6.07) is 0.0492. The molecule has 3 atom stereocenters. The first-order valence-corrected chi connectivity index (χ1v) is 13.5. The smallest absolute Gasteiger partial charge is 0.317 e. The molecular weight excluding hydrogens is 412 g/mol. The lowest BCUT2D eigenvalue weighted by atomic mass is 9.49. The van der Waals surface area contributed by atoms with Gasteiger partial charge in [0, 0.05) is 58.3 Å². The van der Waals surface area contributed by atoms with Crippen LogP contribution in [0, 0.1) is 23.2 Å². The molecule has 0 aromatic rings. The van der Waals surface area contributed by atoms with Gasteiger partial charge in [0.05, 0.1) is 0 Å². The molecule has 4 rings (SSSR count). The second-order valence-corrected chi connectivity index (χ2v) is 11.0. The average molecular weight is 461 g/mol. The topological polar surface area (TPSA) is 55.9 Å². The summed E-state index contributed by atoms with van der Waals surface area (Å²) in [4.78, 5) is 32.2. The molecule has 1 saturated carbocycles. The number of nitrogens with one attached hydrogen (secondary N) is 1. The predicted molar refractivity (Wildman–Crippen MR) is 135 cm³/mol. The van der Waals surface area contributed by atoms with Crippen molar-refractivity contribution >= 4 is 11.9 Å². The first-order chi connectivity index (χ1) is 15.8. The SMILES string of the molecule is CCCCC(CC)C(=O)N1CCN(CCN(CC2=CCC3CC2C3(C)C)C(=O)NCC)CC1. The molecule has 1 aliphatic heterocycles. The summed E-state index contributed by atoms with van der Waals surface area (Å²) in [5, 5.41) is 3.02. The zero-order valence-electron chi connectivity index (χ0n) is 21.9. The molecule has 1 N–H and O–H groups in total. The highest BCUT2D eigenvalue weighted by atomic mass is 16.2. The third-order valence-electron chi connectivity index (χ3n) is 8.69. The zero-order chi connectivity index (χ0) is 24.0. The number of carbonyl (C=O) groups excluding carboxylic acids is 2. The Morgan fingerprint density at radius 3 is 2.48 bits per heavy atom. The van der Waals surface area contributed by atoms with E-state index in [-0.39, 0.29) is 11.9 Å². The molecule has 188 valence electrons. The van der Waals surface area contributed by atoms with Crippen molar-refractivity contribution in [1.29, 1.82) is 0 Å². The van der Waals surface area contributed by atoms with Crippen LogP contribution in [0.15, 0.2) is 11.6 Å².